The van der Waals surface area contributed by atoms with Crippen molar-refractivity contribution in [2.75, 3.05) is 18.1 Å². The zero-order valence-electron chi connectivity index (χ0n) is 12.0. The molecule has 1 fully saturated rings. The van der Waals surface area contributed by atoms with Crippen LogP contribution in [0.5, 0.6) is 0 Å². The van der Waals surface area contributed by atoms with E-state index in [0.29, 0.717) is 19.4 Å². The van der Waals surface area contributed by atoms with Crippen molar-refractivity contribution in [2.24, 2.45) is 5.41 Å². The van der Waals surface area contributed by atoms with Crippen molar-refractivity contribution < 1.29 is 14.7 Å². The van der Waals surface area contributed by atoms with Gasteiger partial charge in [-0.15, -0.1) is 6.58 Å². The number of hydrogen-bond acceptors (Lipinski definition) is 3. The first-order valence-electron chi connectivity index (χ1n) is 7.29. The van der Waals surface area contributed by atoms with Gasteiger partial charge in [-0.05, 0) is 12.8 Å². The fourth-order valence-electron chi connectivity index (χ4n) is 2.67. The maximum atomic E-state index is 12.0. The number of carbonyl (C=O) groups excluding carboxylic acids is 1. The summed E-state index contributed by atoms with van der Waals surface area (Å²) in [6.07, 6.45) is 7.18. The number of rotatable bonds is 8. The Bertz CT molecular complexity index is 336. The van der Waals surface area contributed by atoms with Gasteiger partial charge in [0.25, 0.3) is 0 Å². The Labute approximate surface area is 125 Å². The molecular formula is C15H25NO3S. The van der Waals surface area contributed by atoms with Crippen LogP contribution >= 0.6 is 11.8 Å². The lowest BCUT2D eigenvalue weighted by Crippen LogP contribution is -2.38. The van der Waals surface area contributed by atoms with Crippen LogP contribution in [0.4, 0.5) is 0 Å². The van der Waals surface area contributed by atoms with Crippen LogP contribution in [0.3, 0.4) is 0 Å². The predicted molar refractivity (Wildman–Crippen MR) is 82.9 cm³/mol. The molecule has 0 radical (unpaired) electrons. The van der Waals surface area contributed by atoms with Gasteiger partial charge in [-0.3, -0.25) is 9.59 Å². The van der Waals surface area contributed by atoms with Crippen LogP contribution in [-0.4, -0.2) is 35.0 Å². The third kappa shape index (κ3) is 5.57. The second kappa shape index (κ2) is 9.06. The summed E-state index contributed by atoms with van der Waals surface area (Å²) in [5, 5.41) is 12.3. The molecule has 0 unspecified atom stereocenters. The molecule has 20 heavy (non-hydrogen) atoms. The van der Waals surface area contributed by atoms with E-state index in [0.717, 1.165) is 37.2 Å². The number of nitrogens with one attached hydrogen (secondary N) is 1. The Hall–Kier alpha value is -0.970. The predicted octanol–water partition coefficient (Wildman–Crippen LogP) is 2.84. The molecule has 1 aliphatic carbocycles. The van der Waals surface area contributed by atoms with E-state index in [1.54, 1.807) is 11.8 Å². The van der Waals surface area contributed by atoms with Gasteiger partial charge in [0.1, 0.15) is 0 Å². The maximum absolute atomic E-state index is 12.0. The molecule has 0 bridgehead atoms. The third-order valence-corrected chi connectivity index (χ3v) is 4.78. The lowest BCUT2D eigenvalue weighted by molar-refractivity contribution is -0.152. The van der Waals surface area contributed by atoms with Crippen LogP contribution in [0.2, 0.25) is 0 Å². The summed E-state index contributed by atoms with van der Waals surface area (Å²) in [6, 6.07) is 0. The highest BCUT2D eigenvalue weighted by Crippen LogP contribution is 2.38. The van der Waals surface area contributed by atoms with Crippen LogP contribution < -0.4 is 5.32 Å². The molecule has 2 N–H and O–H groups in total. The van der Waals surface area contributed by atoms with E-state index in [1.165, 1.54) is 0 Å². The quantitative estimate of drug-likeness (QED) is 0.411. The van der Waals surface area contributed by atoms with E-state index in [-0.39, 0.29) is 12.3 Å². The Morgan fingerprint density at radius 1 is 1.25 bits per heavy atom. The van der Waals surface area contributed by atoms with Gasteiger partial charge in [-0.2, -0.15) is 11.8 Å². The molecule has 0 atom stereocenters. The summed E-state index contributed by atoms with van der Waals surface area (Å²) in [7, 11) is 0. The molecule has 0 aromatic heterocycles. The fourth-order valence-corrected chi connectivity index (χ4v) is 3.25. The standard InChI is InChI=1S/C15H25NO3S/c1-2-10-20-11-9-16-13(17)12-15(14(18)19)7-5-3-4-6-8-15/h2H,1,3-12H2,(H,16,17)(H,18,19). The summed E-state index contributed by atoms with van der Waals surface area (Å²) < 4.78 is 0. The zero-order valence-corrected chi connectivity index (χ0v) is 12.8. The molecule has 0 aromatic rings. The Morgan fingerprint density at radius 3 is 2.45 bits per heavy atom. The second-order valence-electron chi connectivity index (χ2n) is 5.39. The van der Waals surface area contributed by atoms with Crippen molar-refractivity contribution in [3.8, 4) is 0 Å². The van der Waals surface area contributed by atoms with Crippen LogP contribution in [0.15, 0.2) is 12.7 Å². The first-order chi connectivity index (χ1) is 9.60. The van der Waals surface area contributed by atoms with Crippen molar-refractivity contribution in [3.05, 3.63) is 12.7 Å². The summed E-state index contributed by atoms with van der Waals surface area (Å²) in [5.74, 6) is 0.760. The summed E-state index contributed by atoms with van der Waals surface area (Å²) in [5.41, 5.74) is -0.838. The van der Waals surface area contributed by atoms with E-state index >= 15 is 0 Å². The second-order valence-corrected chi connectivity index (χ2v) is 6.54. The number of hydrogen-bond donors (Lipinski definition) is 2. The van der Waals surface area contributed by atoms with Crippen molar-refractivity contribution in [1.29, 1.82) is 0 Å². The number of carboxylic acid groups (broad SMARTS) is 1. The molecule has 1 aliphatic rings. The normalized spacial score (nSPS) is 18.0. The largest absolute Gasteiger partial charge is 0.481 e. The van der Waals surface area contributed by atoms with Crippen LogP contribution in [0.25, 0.3) is 0 Å². The molecule has 1 amide bonds. The van der Waals surface area contributed by atoms with E-state index in [1.807, 2.05) is 6.08 Å². The molecule has 5 heteroatoms. The lowest BCUT2D eigenvalue weighted by atomic mass is 9.77. The van der Waals surface area contributed by atoms with Crippen LogP contribution in [-0.2, 0) is 9.59 Å². The van der Waals surface area contributed by atoms with Gasteiger partial charge >= 0.3 is 5.97 Å². The molecule has 0 aliphatic heterocycles. The summed E-state index contributed by atoms with van der Waals surface area (Å²) >= 11 is 1.70. The molecular weight excluding hydrogens is 274 g/mol. The van der Waals surface area contributed by atoms with Gasteiger partial charge in [0, 0.05) is 24.5 Å². The lowest BCUT2D eigenvalue weighted by Gasteiger charge is -2.27. The van der Waals surface area contributed by atoms with E-state index in [9.17, 15) is 14.7 Å². The minimum absolute atomic E-state index is 0.120. The molecule has 0 heterocycles. The molecule has 1 saturated carbocycles. The zero-order chi connectivity index (χ0) is 14.8. The monoisotopic (exact) mass is 299 g/mol. The molecule has 0 spiro atoms. The molecule has 1 rings (SSSR count). The van der Waals surface area contributed by atoms with Gasteiger partial charge in [0.05, 0.1) is 5.41 Å². The minimum Gasteiger partial charge on any atom is -0.481 e. The number of aliphatic carboxylic acids is 1. The van der Waals surface area contributed by atoms with Crippen molar-refractivity contribution >= 4 is 23.6 Å². The number of amides is 1. The van der Waals surface area contributed by atoms with E-state index in [4.69, 9.17) is 0 Å². The van der Waals surface area contributed by atoms with E-state index < -0.39 is 11.4 Å². The minimum atomic E-state index is -0.838. The average Bonchev–Trinajstić information content (AvgIpc) is 2.65. The fraction of sp³-hybridized carbons (Fsp3) is 0.733. The topological polar surface area (TPSA) is 66.4 Å². The first-order valence-corrected chi connectivity index (χ1v) is 8.45. The highest BCUT2D eigenvalue weighted by molar-refractivity contribution is 7.99. The molecule has 0 saturated heterocycles. The number of thioether (sulfide) groups is 1. The SMILES string of the molecule is C=CCSCCNC(=O)CC1(C(=O)O)CCCCCC1. The van der Waals surface area contributed by atoms with Gasteiger partial charge in [0.15, 0.2) is 0 Å². The maximum Gasteiger partial charge on any atom is 0.310 e. The molecule has 0 aromatic carbocycles. The van der Waals surface area contributed by atoms with Gasteiger partial charge < -0.3 is 10.4 Å². The molecule has 114 valence electrons. The first kappa shape index (κ1) is 17.1. The molecule has 4 nitrogen and oxygen atoms in total. The summed E-state index contributed by atoms with van der Waals surface area (Å²) in [4.78, 5) is 23.5. The Morgan fingerprint density at radius 2 is 1.90 bits per heavy atom. The third-order valence-electron chi connectivity index (χ3n) is 3.82. The van der Waals surface area contributed by atoms with Crippen molar-refractivity contribution in [3.63, 3.8) is 0 Å². The van der Waals surface area contributed by atoms with Crippen molar-refractivity contribution in [2.45, 2.75) is 44.9 Å². The number of carboxylic acids is 1. The van der Waals surface area contributed by atoms with Crippen molar-refractivity contribution in [1.82, 2.24) is 5.32 Å². The Kier molecular flexibility index (Phi) is 7.73. The van der Waals surface area contributed by atoms with Crippen LogP contribution in [0.1, 0.15) is 44.9 Å². The smallest absolute Gasteiger partial charge is 0.310 e. The van der Waals surface area contributed by atoms with Gasteiger partial charge in [0.2, 0.25) is 5.91 Å². The highest BCUT2D eigenvalue weighted by Gasteiger charge is 2.40. The highest BCUT2D eigenvalue weighted by atomic mass is 32.2. The van der Waals surface area contributed by atoms with Crippen LogP contribution in [0, 0.1) is 5.41 Å². The Balaban J connectivity index is 2.42. The van der Waals surface area contributed by atoms with Gasteiger partial charge in [-0.25, -0.2) is 0 Å². The summed E-state index contributed by atoms with van der Waals surface area (Å²) in [6.45, 7) is 4.23. The van der Waals surface area contributed by atoms with E-state index in [2.05, 4.69) is 11.9 Å². The van der Waals surface area contributed by atoms with Gasteiger partial charge in [-0.1, -0.05) is 31.8 Å². The number of carbonyl (C=O) groups is 2. The average molecular weight is 299 g/mol.